The molecule has 1 rings (SSSR count). The average Bonchev–Trinajstić information content (AvgIpc) is 2.28. The summed E-state index contributed by atoms with van der Waals surface area (Å²) in [5.41, 5.74) is 0. The van der Waals surface area contributed by atoms with Crippen LogP contribution in [0.3, 0.4) is 0 Å². The predicted molar refractivity (Wildman–Crippen MR) is 59.9 cm³/mol. The second kappa shape index (κ2) is 7.51. The highest BCUT2D eigenvalue weighted by Crippen LogP contribution is 2.22. The molecule has 1 saturated carbocycles. The Morgan fingerprint density at radius 2 is 2.00 bits per heavy atom. The number of amides is 2. The molecule has 0 bridgehead atoms. The number of carbonyl (C=O) groups is 1. The molecule has 88 valence electrons. The number of hydrogen-bond donors (Lipinski definition) is 2. The lowest BCUT2D eigenvalue weighted by molar-refractivity contribution is 0.195. The summed E-state index contributed by atoms with van der Waals surface area (Å²) >= 11 is 0. The molecule has 0 aromatic carbocycles. The van der Waals surface area contributed by atoms with E-state index in [4.69, 9.17) is 4.74 Å². The minimum absolute atomic E-state index is 0.0716. The molecule has 0 spiro atoms. The fourth-order valence-corrected chi connectivity index (χ4v) is 1.96. The lowest BCUT2D eigenvalue weighted by Crippen LogP contribution is -2.39. The summed E-state index contributed by atoms with van der Waals surface area (Å²) in [6.45, 7) is 1.96. The van der Waals surface area contributed by atoms with Crippen molar-refractivity contribution < 1.29 is 9.53 Å². The summed E-state index contributed by atoms with van der Waals surface area (Å²) in [6, 6.07) is -0.0716. The van der Waals surface area contributed by atoms with E-state index < -0.39 is 0 Å². The van der Waals surface area contributed by atoms with E-state index in [2.05, 4.69) is 10.6 Å². The third-order valence-corrected chi connectivity index (χ3v) is 2.87. The Balaban J connectivity index is 2.00. The van der Waals surface area contributed by atoms with Crippen LogP contribution in [0, 0.1) is 5.92 Å². The summed E-state index contributed by atoms with van der Waals surface area (Å²) in [6.07, 6.45) is 6.52. The number of ether oxygens (including phenoxy) is 1. The first kappa shape index (κ1) is 12.3. The van der Waals surface area contributed by atoms with Crippen LogP contribution in [0.4, 0.5) is 4.79 Å². The molecule has 4 heteroatoms. The van der Waals surface area contributed by atoms with Crippen molar-refractivity contribution in [1.82, 2.24) is 10.6 Å². The number of hydrogen-bond acceptors (Lipinski definition) is 2. The Morgan fingerprint density at radius 3 is 2.67 bits per heavy atom. The maximum Gasteiger partial charge on any atom is 0.314 e. The predicted octanol–water partition coefficient (Wildman–Crippen LogP) is 1.51. The van der Waals surface area contributed by atoms with Crippen molar-refractivity contribution in [2.45, 2.75) is 32.1 Å². The van der Waals surface area contributed by atoms with E-state index >= 15 is 0 Å². The largest absolute Gasteiger partial charge is 0.383 e. The lowest BCUT2D eigenvalue weighted by atomic mass is 9.89. The molecule has 0 unspecified atom stereocenters. The Labute approximate surface area is 91.8 Å². The van der Waals surface area contributed by atoms with Gasteiger partial charge in [0.25, 0.3) is 0 Å². The van der Waals surface area contributed by atoms with Gasteiger partial charge in [0, 0.05) is 20.2 Å². The highest BCUT2D eigenvalue weighted by molar-refractivity contribution is 5.73. The molecule has 2 amide bonds. The normalized spacial score (nSPS) is 17.4. The number of carbonyl (C=O) groups excluding carboxylic acids is 1. The maximum absolute atomic E-state index is 11.3. The lowest BCUT2D eigenvalue weighted by Gasteiger charge is -2.21. The second-order valence-electron chi connectivity index (χ2n) is 4.13. The zero-order chi connectivity index (χ0) is 10.9. The molecule has 0 radical (unpaired) electrons. The van der Waals surface area contributed by atoms with Gasteiger partial charge in [-0.1, -0.05) is 19.3 Å². The van der Waals surface area contributed by atoms with E-state index in [1.807, 2.05) is 0 Å². The average molecular weight is 214 g/mol. The van der Waals surface area contributed by atoms with E-state index in [1.165, 1.54) is 32.1 Å². The molecule has 0 atom stereocenters. The second-order valence-corrected chi connectivity index (χ2v) is 4.13. The van der Waals surface area contributed by atoms with Gasteiger partial charge in [0.2, 0.25) is 0 Å². The highest BCUT2D eigenvalue weighted by atomic mass is 16.5. The van der Waals surface area contributed by atoms with Crippen molar-refractivity contribution in [2.24, 2.45) is 5.92 Å². The van der Waals surface area contributed by atoms with Crippen molar-refractivity contribution in [3.63, 3.8) is 0 Å². The molecule has 1 aliphatic carbocycles. The number of nitrogens with one attached hydrogen (secondary N) is 2. The van der Waals surface area contributed by atoms with Crippen LogP contribution in [0.5, 0.6) is 0 Å². The summed E-state index contributed by atoms with van der Waals surface area (Å²) in [5, 5.41) is 5.65. The van der Waals surface area contributed by atoms with Crippen molar-refractivity contribution >= 4 is 6.03 Å². The molecule has 2 N–H and O–H groups in total. The molecular weight excluding hydrogens is 192 g/mol. The Morgan fingerprint density at radius 1 is 1.27 bits per heavy atom. The summed E-state index contributed by atoms with van der Waals surface area (Å²) in [7, 11) is 1.63. The topological polar surface area (TPSA) is 50.4 Å². The van der Waals surface area contributed by atoms with Crippen LogP contribution in [0.15, 0.2) is 0 Å². The van der Waals surface area contributed by atoms with Gasteiger partial charge in [-0.2, -0.15) is 0 Å². The summed E-state index contributed by atoms with van der Waals surface area (Å²) < 4.78 is 4.84. The Hall–Kier alpha value is -0.770. The number of urea groups is 1. The minimum atomic E-state index is -0.0716. The molecular formula is C11H22N2O2. The zero-order valence-electron chi connectivity index (χ0n) is 9.55. The first-order chi connectivity index (χ1) is 7.33. The van der Waals surface area contributed by atoms with Gasteiger partial charge in [0.1, 0.15) is 0 Å². The van der Waals surface area contributed by atoms with Gasteiger partial charge in [-0.3, -0.25) is 0 Å². The van der Waals surface area contributed by atoms with Crippen molar-refractivity contribution in [1.29, 1.82) is 0 Å². The smallest absolute Gasteiger partial charge is 0.314 e. The molecule has 0 aromatic heterocycles. The van der Waals surface area contributed by atoms with Gasteiger partial charge in [-0.05, 0) is 18.8 Å². The van der Waals surface area contributed by atoms with Crippen LogP contribution in [-0.4, -0.2) is 32.8 Å². The Kier molecular flexibility index (Phi) is 6.16. The molecule has 1 aliphatic rings. The van der Waals surface area contributed by atoms with E-state index in [-0.39, 0.29) is 6.03 Å². The SMILES string of the molecule is COCCNC(=O)NCC1CCCCC1. The van der Waals surface area contributed by atoms with Gasteiger partial charge in [-0.25, -0.2) is 4.79 Å². The van der Waals surface area contributed by atoms with Crippen molar-refractivity contribution in [3.8, 4) is 0 Å². The van der Waals surface area contributed by atoms with Crippen molar-refractivity contribution in [2.75, 3.05) is 26.8 Å². The first-order valence-corrected chi connectivity index (χ1v) is 5.83. The standard InChI is InChI=1S/C11H22N2O2/c1-15-8-7-12-11(14)13-9-10-5-3-2-4-6-10/h10H,2-9H2,1H3,(H2,12,13,14). The van der Waals surface area contributed by atoms with E-state index in [0.717, 1.165) is 6.54 Å². The molecule has 0 heterocycles. The highest BCUT2D eigenvalue weighted by Gasteiger charge is 2.13. The van der Waals surface area contributed by atoms with E-state index in [1.54, 1.807) is 7.11 Å². The van der Waals surface area contributed by atoms with Crippen LogP contribution < -0.4 is 10.6 Å². The first-order valence-electron chi connectivity index (χ1n) is 5.83. The molecule has 15 heavy (non-hydrogen) atoms. The maximum atomic E-state index is 11.3. The summed E-state index contributed by atoms with van der Waals surface area (Å²) in [4.78, 5) is 11.3. The number of rotatable bonds is 5. The quantitative estimate of drug-likeness (QED) is 0.682. The van der Waals surface area contributed by atoms with Gasteiger partial charge < -0.3 is 15.4 Å². The van der Waals surface area contributed by atoms with Crippen LogP contribution in [0.2, 0.25) is 0 Å². The zero-order valence-corrected chi connectivity index (χ0v) is 9.55. The molecule has 4 nitrogen and oxygen atoms in total. The third kappa shape index (κ3) is 5.62. The van der Waals surface area contributed by atoms with Gasteiger partial charge >= 0.3 is 6.03 Å². The van der Waals surface area contributed by atoms with Crippen LogP contribution >= 0.6 is 0 Å². The van der Waals surface area contributed by atoms with Gasteiger partial charge in [0.05, 0.1) is 6.61 Å². The van der Waals surface area contributed by atoms with Gasteiger partial charge in [-0.15, -0.1) is 0 Å². The van der Waals surface area contributed by atoms with Crippen molar-refractivity contribution in [3.05, 3.63) is 0 Å². The molecule has 0 saturated heterocycles. The molecule has 1 fully saturated rings. The summed E-state index contributed by atoms with van der Waals surface area (Å²) in [5.74, 6) is 0.687. The van der Waals surface area contributed by atoms with E-state index in [0.29, 0.717) is 19.1 Å². The van der Waals surface area contributed by atoms with E-state index in [9.17, 15) is 4.79 Å². The minimum Gasteiger partial charge on any atom is -0.383 e. The fourth-order valence-electron chi connectivity index (χ4n) is 1.96. The number of methoxy groups -OCH3 is 1. The molecule has 0 aliphatic heterocycles. The van der Waals surface area contributed by atoms with Crippen LogP contribution in [0.1, 0.15) is 32.1 Å². The van der Waals surface area contributed by atoms with Crippen LogP contribution in [-0.2, 0) is 4.74 Å². The van der Waals surface area contributed by atoms with Crippen LogP contribution in [0.25, 0.3) is 0 Å². The molecule has 0 aromatic rings. The third-order valence-electron chi connectivity index (χ3n) is 2.87. The Bertz CT molecular complexity index is 179. The fraction of sp³-hybridized carbons (Fsp3) is 0.909. The van der Waals surface area contributed by atoms with Gasteiger partial charge in [0.15, 0.2) is 0 Å². The monoisotopic (exact) mass is 214 g/mol.